The molecule has 1 aromatic heterocycles. The third-order valence-electron chi connectivity index (χ3n) is 3.82. The van der Waals surface area contributed by atoms with Crippen molar-refractivity contribution in [2.45, 2.75) is 6.54 Å². The van der Waals surface area contributed by atoms with Gasteiger partial charge in [0, 0.05) is 22.8 Å². The highest BCUT2D eigenvalue weighted by atomic mass is 35.5. The van der Waals surface area contributed by atoms with Crippen LogP contribution in [-0.4, -0.2) is 4.98 Å². The van der Waals surface area contributed by atoms with Gasteiger partial charge in [0.1, 0.15) is 5.52 Å². The largest absolute Gasteiger partial charge is 0.436 e. The molecule has 24 heavy (non-hydrogen) atoms. The molecule has 3 aromatic carbocycles. The summed E-state index contributed by atoms with van der Waals surface area (Å²) in [6.45, 7) is 0.793. The zero-order valence-corrected chi connectivity index (χ0v) is 13.6. The molecule has 4 rings (SSSR count). The molecule has 1 heterocycles. The maximum absolute atomic E-state index is 5.99. The first-order valence-corrected chi connectivity index (χ1v) is 8.10. The van der Waals surface area contributed by atoms with Crippen molar-refractivity contribution in [3.8, 4) is 11.5 Å². The van der Waals surface area contributed by atoms with Crippen LogP contribution in [0.1, 0.15) is 5.56 Å². The Morgan fingerprint density at radius 1 is 0.917 bits per heavy atom. The van der Waals surface area contributed by atoms with Crippen LogP contribution in [-0.2, 0) is 6.54 Å². The normalized spacial score (nSPS) is 10.9. The standard InChI is InChI=1S/C20H15ClN2O/c21-16-8-11-19-18(12-16)23-20(24-19)15-6-9-17(10-7-15)22-13-14-4-2-1-3-5-14/h1-12,22H,13H2. The van der Waals surface area contributed by atoms with E-state index in [-0.39, 0.29) is 0 Å². The van der Waals surface area contributed by atoms with E-state index in [1.807, 2.05) is 48.5 Å². The van der Waals surface area contributed by atoms with Gasteiger partial charge in [0.05, 0.1) is 0 Å². The molecule has 0 amide bonds. The summed E-state index contributed by atoms with van der Waals surface area (Å²) in [7, 11) is 0. The molecule has 0 fully saturated rings. The van der Waals surface area contributed by atoms with Crippen LogP contribution in [0.25, 0.3) is 22.6 Å². The molecule has 0 aliphatic rings. The topological polar surface area (TPSA) is 38.1 Å². The van der Waals surface area contributed by atoms with E-state index in [0.717, 1.165) is 28.9 Å². The van der Waals surface area contributed by atoms with Crippen molar-refractivity contribution in [1.29, 1.82) is 0 Å². The first-order valence-electron chi connectivity index (χ1n) is 7.72. The second kappa shape index (κ2) is 6.38. The summed E-state index contributed by atoms with van der Waals surface area (Å²) in [5.74, 6) is 0.599. The Bertz CT molecular complexity index is 962. The molecular formula is C20H15ClN2O. The van der Waals surface area contributed by atoms with Crippen LogP contribution >= 0.6 is 11.6 Å². The fourth-order valence-electron chi connectivity index (χ4n) is 2.55. The summed E-state index contributed by atoms with van der Waals surface area (Å²) in [5.41, 5.74) is 4.75. The Kier molecular flexibility index (Phi) is 3.93. The maximum Gasteiger partial charge on any atom is 0.227 e. The van der Waals surface area contributed by atoms with E-state index in [0.29, 0.717) is 10.9 Å². The molecule has 118 valence electrons. The van der Waals surface area contributed by atoms with Crippen LogP contribution in [0.4, 0.5) is 5.69 Å². The molecule has 0 saturated heterocycles. The number of aromatic nitrogens is 1. The van der Waals surface area contributed by atoms with E-state index in [2.05, 4.69) is 22.4 Å². The number of anilines is 1. The van der Waals surface area contributed by atoms with Crippen LogP contribution in [0, 0.1) is 0 Å². The van der Waals surface area contributed by atoms with Crippen molar-refractivity contribution < 1.29 is 4.42 Å². The molecule has 0 bridgehead atoms. The molecule has 0 radical (unpaired) electrons. The van der Waals surface area contributed by atoms with Gasteiger partial charge in [-0.3, -0.25) is 0 Å². The number of benzene rings is 3. The average Bonchev–Trinajstić information content (AvgIpc) is 3.04. The van der Waals surface area contributed by atoms with E-state index in [1.165, 1.54) is 5.56 Å². The van der Waals surface area contributed by atoms with Gasteiger partial charge in [-0.2, -0.15) is 0 Å². The second-order valence-corrected chi connectivity index (χ2v) is 5.98. The van der Waals surface area contributed by atoms with Gasteiger partial charge in [-0.15, -0.1) is 0 Å². The van der Waals surface area contributed by atoms with Crippen LogP contribution in [0.3, 0.4) is 0 Å². The van der Waals surface area contributed by atoms with Crippen LogP contribution in [0.2, 0.25) is 5.02 Å². The molecule has 0 unspecified atom stereocenters. The Morgan fingerprint density at radius 3 is 2.50 bits per heavy atom. The van der Waals surface area contributed by atoms with E-state index >= 15 is 0 Å². The van der Waals surface area contributed by atoms with Gasteiger partial charge in [0.15, 0.2) is 5.58 Å². The van der Waals surface area contributed by atoms with Gasteiger partial charge >= 0.3 is 0 Å². The molecule has 0 atom stereocenters. The van der Waals surface area contributed by atoms with E-state index in [4.69, 9.17) is 16.0 Å². The Hall–Kier alpha value is -2.78. The van der Waals surface area contributed by atoms with Crippen molar-refractivity contribution in [2.75, 3.05) is 5.32 Å². The SMILES string of the molecule is Clc1ccc2oc(-c3ccc(NCc4ccccc4)cc3)nc2c1. The minimum Gasteiger partial charge on any atom is -0.436 e. The highest BCUT2D eigenvalue weighted by Crippen LogP contribution is 2.27. The molecule has 3 nitrogen and oxygen atoms in total. The van der Waals surface area contributed by atoms with Crippen LogP contribution in [0.15, 0.2) is 77.2 Å². The van der Waals surface area contributed by atoms with Gasteiger partial charge in [-0.25, -0.2) is 4.98 Å². The Morgan fingerprint density at radius 2 is 1.71 bits per heavy atom. The smallest absolute Gasteiger partial charge is 0.227 e. The number of rotatable bonds is 4. The lowest BCUT2D eigenvalue weighted by Crippen LogP contribution is -1.98. The number of nitrogens with zero attached hydrogens (tertiary/aromatic N) is 1. The van der Waals surface area contributed by atoms with Gasteiger partial charge in [0.25, 0.3) is 0 Å². The lowest BCUT2D eigenvalue weighted by molar-refractivity contribution is 0.620. The number of oxazole rings is 1. The summed E-state index contributed by atoms with van der Waals surface area (Å²) in [4.78, 5) is 4.50. The Labute approximate surface area is 144 Å². The van der Waals surface area contributed by atoms with E-state index in [9.17, 15) is 0 Å². The van der Waals surface area contributed by atoms with Gasteiger partial charge < -0.3 is 9.73 Å². The predicted octanol–water partition coefficient (Wildman–Crippen LogP) is 5.76. The molecule has 0 aliphatic carbocycles. The monoisotopic (exact) mass is 334 g/mol. The van der Waals surface area contributed by atoms with Gasteiger partial charge in [-0.1, -0.05) is 41.9 Å². The molecule has 4 aromatic rings. The fourth-order valence-corrected chi connectivity index (χ4v) is 2.72. The minimum atomic E-state index is 0.599. The zero-order valence-electron chi connectivity index (χ0n) is 12.9. The van der Waals surface area contributed by atoms with Gasteiger partial charge in [-0.05, 0) is 48.0 Å². The van der Waals surface area contributed by atoms with E-state index < -0.39 is 0 Å². The summed E-state index contributed by atoms with van der Waals surface area (Å²) in [6, 6.07) is 23.8. The molecule has 1 N–H and O–H groups in total. The molecule has 0 saturated carbocycles. The van der Waals surface area contributed by atoms with Crippen molar-refractivity contribution in [1.82, 2.24) is 4.98 Å². The highest BCUT2D eigenvalue weighted by molar-refractivity contribution is 6.31. The second-order valence-electron chi connectivity index (χ2n) is 5.55. The molecular weight excluding hydrogens is 320 g/mol. The first-order chi connectivity index (χ1) is 11.8. The number of fused-ring (bicyclic) bond motifs is 1. The fraction of sp³-hybridized carbons (Fsp3) is 0.0500. The van der Waals surface area contributed by atoms with Crippen molar-refractivity contribution in [3.05, 3.63) is 83.4 Å². The lowest BCUT2D eigenvalue weighted by Gasteiger charge is -2.06. The van der Waals surface area contributed by atoms with Crippen LogP contribution in [0.5, 0.6) is 0 Å². The summed E-state index contributed by atoms with van der Waals surface area (Å²) < 4.78 is 5.79. The molecule has 4 heteroatoms. The summed E-state index contributed by atoms with van der Waals surface area (Å²) >= 11 is 5.99. The number of nitrogens with one attached hydrogen (secondary N) is 1. The first kappa shape index (κ1) is 14.8. The molecule has 0 spiro atoms. The summed E-state index contributed by atoms with van der Waals surface area (Å²) in [6.07, 6.45) is 0. The minimum absolute atomic E-state index is 0.599. The van der Waals surface area contributed by atoms with Crippen molar-refractivity contribution in [2.24, 2.45) is 0 Å². The highest BCUT2D eigenvalue weighted by Gasteiger charge is 2.08. The van der Waals surface area contributed by atoms with Gasteiger partial charge in [0.2, 0.25) is 5.89 Å². The van der Waals surface area contributed by atoms with Crippen LogP contribution < -0.4 is 5.32 Å². The average molecular weight is 335 g/mol. The zero-order chi connectivity index (χ0) is 16.4. The molecule has 0 aliphatic heterocycles. The number of hydrogen-bond donors (Lipinski definition) is 1. The quantitative estimate of drug-likeness (QED) is 0.515. The number of hydrogen-bond acceptors (Lipinski definition) is 3. The number of halogens is 1. The van der Waals surface area contributed by atoms with E-state index in [1.54, 1.807) is 12.1 Å². The third kappa shape index (κ3) is 3.12. The van der Waals surface area contributed by atoms with Crippen molar-refractivity contribution >= 4 is 28.4 Å². The Balaban J connectivity index is 1.52. The lowest BCUT2D eigenvalue weighted by atomic mass is 10.2. The third-order valence-corrected chi connectivity index (χ3v) is 4.06. The predicted molar refractivity (Wildman–Crippen MR) is 98.2 cm³/mol. The maximum atomic E-state index is 5.99. The summed E-state index contributed by atoms with van der Waals surface area (Å²) in [5, 5.41) is 4.06. The van der Waals surface area contributed by atoms with Crippen molar-refractivity contribution in [3.63, 3.8) is 0 Å².